The van der Waals surface area contributed by atoms with Crippen LogP contribution in [-0.4, -0.2) is 31.6 Å². The van der Waals surface area contributed by atoms with Crippen molar-refractivity contribution in [2.75, 3.05) is 26.7 Å². The Kier molecular flexibility index (Phi) is 5.13. The van der Waals surface area contributed by atoms with Gasteiger partial charge in [-0.15, -0.1) is 0 Å². The van der Waals surface area contributed by atoms with E-state index in [9.17, 15) is 0 Å². The summed E-state index contributed by atoms with van der Waals surface area (Å²) in [4.78, 5) is 2.41. The highest BCUT2D eigenvalue weighted by Gasteiger charge is 2.35. The van der Waals surface area contributed by atoms with Crippen LogP contribution in [0.2, 0.25) is 10.0 Å². The minimum atomic E-state index is 0.181. The SMILES string of the molecule is CN1CCC[C@](CCCN)(c2ccc(Cl)c(Cl)c2)C1. The molecule has 0 saturated carbocycles. The lowest BCUT2D eigenvalue weighted by Crippen LogP contribution is -2.44. The molecule has 2 rings (SSSR count). The fourth-order valence-corrected chi connectivity index (χ4v) is 3.51. The van der Waals surface area contributed by atoms with Crippen molar-refractivity contribution in [1.29, 1.82) is 0 Å². The Labute approximate surface area is 125 Å². The Balaban J connectivity index is 2.32. The first-order chi connectivity index (χ1) is 9.07. The molecule has 1 fully saturated rings. The maximum atomic E-state index is 6.20. The molecule has 1 aliphatic rings. The number of nitrogens with two attached hydrogens (primary N) is 1. The van der Waals surface area contributed by atoms with E-state index in [4.69, 9.17) is 28.9 Å². The minimum Gasteiger partial charge on any atom is -0.330 e. The van der Waals surface area contributed by atoms with Crippen LogP contribution in [-0.2, 0) is 5.41 Å². The molecule has 106 valence electrons. The smallest absolute Gasteiger partial charge is 0.0595 e. The minimum absolute atomic E-state index is 0.181. The highest BCUT2D eigenvalue weighted by molar-refractivity contribution is 6.42. The van der Waals surface area contributed by atoms with Crippen molar-refractivity contribution < 1.29 is 0 Å². The Morgan fingerprint density at radius 2 is 2.11 bits per heavy atom. The molecule has 2 nitrogen and oxygen atoms in total. The van der Waals surface area contributed by atoms with Gasteiger partial charge in [0.2, 0.25) is 0 Å². The summed E-state index contributed by atoms with van der Waals surface area (Å²) in [6.45, 7) is 2.99. The van der Waals surface area contributed by atoms with Gasteiger partial charge in [-0.05, 0) is 63.5 Å². The van der Waals surface area contributed by atoms with Crippen LogP contribution >= 0.6 is 23.2 Å². The molecule has 19 heavy (non-hydrogen) atoms. The van der Waals surface area contributed by atoms with Crippen molar-refractivity contribution in [3.05, 3.63) is 33.8 Å². The Morgan fingerprint density at radius 3 is 2.74 bits per heavy atom. The van der Waals surface area contributed by atoms with Gasteiger partial charge in [0.05, 0.1) is 10.0 Å². The normalized spacial score (nSPS) is 24.6. The van der Waals surface area contributed by atoms with Gasteiger partial charge in [0.1, 0.15) is 0 Å². The highest BCUT2D eigenvalue weighted by Crippen LogP contribution is 2.39. The largest absolute Gasteiger partial charge is 0.330 e. The molecule has 0 amide bonds. The van der Waals surface area contributed by atoms with Gasteiger partial charge in [-0.3, -0.25) is 0 Å². The zero-order valence-corrected chi connectivity index (χ0v) is 13.0. The van der Waals surface area contributed by atoms with Crippen LogP contribution in [0, 0.1) is 0 Å². The van der Waals surface area contributed by atoms with Crippen LogP contribution in [0.1, 0.15) is 31.2 Å². The molecular formula is C15H22Cl2N2. The van der Waals surface area contributed by atoms with Gasteiger partial charge < -0.3 is 10.6 Å². The fraction of sp³-hybridized carbons (Fsp3) is 0.600. The van der Waals surface area contributed by atoms with E-state index in [1.807, 2.05) is 12.1 Å². The van der Waals surface area contributed by atoms with Crippen molar-refractivity contribution in [3.63, 3.8) is 0 Å². The van der Waals surface area contributed by atoms with Crippen molar-refractivity contribution in [3.8, 4) is 0 Å². The quantitative estimate of drug-likeness (QED) is 0.919. The lowest BCUT2D eigenvalue weighted by molar-refractivity contribution is 0.164. The third-order valence-electron chi connectivity index (χ3n) is 4.16. The van der Waals surface area contributed by atoms with Crippen molar-refractivity contribution >= 4 is 23.2 Å². The second-order valence-electron chi connectivity index (χ2n) is 5.64. The summed E-state index contributed by atoms with van der Waals surface area (Å²) in [6, 6.07) is 6.08. The Hall–Kier alpha value is -0.280. The van der Waals surface area contributed by atoms with Crippen LogP contribution < -0.4 is 5.73 Å². The van der Waals surface area contributed by atoms with Crippen LogP contribution in [0.15, 0.2) is 18.2 Å². The zero-order chi connectivity index (χ0) is 13.9. The molecule has 0 unspecified atom stereocenters. The monoisotopic (exact) mass is 300 g/mol. The van der Waals surface area contributed by atoms with Gasteiger partial charge in [0.25, 0.3) is 0 Å². The molecule has 1 atom stereocenters. The van der Waals surface area contributed by atoms with E-state index >= 15 is 0 Å². The molecule has 4 heteroatoms. The molecular weight excluding hydrogens is 279 g/mol. The standard InChI is InChI=1S/C15H22Cl2N2/c1-19-9-3-7-15(11-19,6-2-8-18)12-4-5-13(16)14(17)10-12/h4-5,10H,2-3,6-9,11,18H2,1H3/t15-/m0/s1. The maximum absolute atomic E-state index is 6.20. The van der Waals surface area contributed by atoms with E-state index in [1.54, 1.807) is 0 Å². The summed E-state index contributed by atoms with van der Waals surface area (Å²) >= 11 is 12.2. The van der Waals surface area contributed by atoms with E-state index in [0.717, 1.165) is 25.9 Å². The summed E-state index contributed by atoms with van der Waals surface area (Å²) < 4.78 is 0. The first-order valence-electron chi connectivity index (χ1n) is 6.91. The van der Waals surface area contributed by atoms with Gasteiger partial charge in [0, 0.05) is 12.0 Å². The molecule has 0 spiro atoms. The number of hydrogen-bond acceptors (Lipinski definition) is 2. The highest BCUT2D eigenvalue weighted by atomic mass is 35.5. The molecule has 0 aliphatic carbocycles. The number of piperidine rings is 1. The van der Waals surface area contributed by atoms with Gasteiger partial charge in [-0.25, -0.2) is 0 Å². The summed E-state index contributed by atoms with van der Waals surface area (Å²) in [6.07, 6.45) is 4.59. The summed E-state index contributed by atoms with van der Waals surface area (Å²) in [5.74, 6) is 0. The predicted octanol–water partition coefficient (Wildman–Crippen LogP) is 3.70. The summed E-state index contributed by atoms with van der Waals surface area (Å²) in [7, 11) is 2.19. The maximum Gasteiger partial charge on any atom is 0.0595 e. The van der Waals surface area contributed by atoms with Gasteiger partial charge in [-0.2, -0.15) is 0 Å². The average molecular weight is 301 g/mol. The van der Waals surface area contributed by atoms with Crippen molar-refractivity contribution in [2.45, 2.75) is 31.1 Å². The van der Waals surface area contributed by atoms with Crippen molar-refractivity contribution in [1.82, 2.24) is 4.90 Å². The number of benzene rings is 1. The third-order valence-corrected chi connectivity index (χ3v) is 4.90. The van der Waals surface area contributed by atoms with E-state index in [-0.39, 0.29) is 5.41 Å². The molecule has 1 aromatic carbocycles. The second kappa shape index (κ2) is 6.45. The summed E-state index contributed by atoms with van der Waals surface area (Å²) in [5, 5.41) is 1.28. The Bertz CT molecular complexity index is 436. The second-order valence-corrected chi connectivity index (χ2v) is 6.46. The van der Waals surface area contributed by atoms with Gasteiger partial charge in [0.15, 0.2) is 0 Å². The first kappa shape index (κ1) is 15.1. The number of rotatable bonds is 4. The van der Waals surface area contributed by atoms with E-state index in [2.05, 4.69) is 18.0 Å². The molecule has 2 N–H and O–H groups in total. The third kappa shape index (κ3) is 3.43. The average Bonchev–Trinajstić information content (AvgIpc) is 2.39. The fourth-order valence-electron chi connectivity index (χ4n) is 3.21. The first-order valence-corrected chi connectivity index (χ1v) is 7.67. The molecule has 1 saturated heterocycles. The van der Waals surface area contributed by atoms with E-state index < -0.39 is 0 Å². The number of likely N-dealkylation sites (N-methyl/N-ethyl adjacent to an activating group) is 1. The Morgan fingerprint density at radius 1 is 1.32 bits per heavy atom. The van der Waals surface area contributed by atoms with Crippen LogP contribution in [0.5, 0.6) is 0 Å². The lowest BCUT2D eigenvalue weighted by Gasteiger charge is -2.42. The van der Waals surface area contributed by atoms with Crippen LogP contribution in [0.3, 0.4) is 0 Å². The van der Waals surface area contributed by atoms with Gasteiger partial charge in [-0.1, -0.05) is 29.3 Å². The summed E-state index contributed by atoms with van der Waals surface area (Å²) in [5.41, 5.74) is 7.20. The molecule has 1 aromatic rings. The zero-order valence-electron chi connectivity index (χ0n) is 11.5. The number of halogens is 2. The van der Waals surface area contributed by atoms with Gasteiger partial charge >= 0.3 is 0 Å². The lowest BCUT2D eigenvalue weighted by atomic mass is 9.71. The number of hydrogen-bond donors (Lipinski definition) is 1. The van der Waals surface area contributed by atoms with E-state index in [0.29, 0.717) is 10.0 Å². The topological polar surface area (TPSA) is 29.3 Å². The molecule has 1 aliphatic heterocycles. The molecule has 0 bridgehead atoms. The number of likely N-dealkylation sites (tertiary alicyclic amines) is 1. The number of nitrogens with zero attached hydrogens (tertiary/aromatic N) is 1. The molecule has 0 radical (unpaired) electrons. The van der Waals surface area contributed by atoms with E-state index in [1.165, 1.54) is 24.9 Å². The molecule has 0 aromatic heterocycles. The predicted molar refractivity (Wildman–Crippen MR) is 83.2 cm³/mol. The van der Waals surface area contributed by atoms with Crippen LogP contribution in [0.25, 0.3) is 0 Å². The molecule has 1 heterocycles. The van der Waals surface area contributed by atoms with Crippen molar-refractivity contribution in [2.24, 2.45) is 5.73 Å². The van der Waals surface area contributed by atoms with Crippen LogP contribution in [0.4, 0.5) is 0 Å².